The molecule has 2 aromatic carbocycles. The van der Waals surface area contributed by atoms with Gasteiger partial charge in [0.15, 0.2) is 0 Å². The van der Waals surface area contributed by atoms with E-state index in [0.717, 1.165) is 24.8 Å². The SMILES string of the molecule is C[C@@H](OCC1(c2ccccc2)CC(N)(C(=O)N2CCCCC2)C1)c1cc(C(F)(F)F)cc(C(F)(F)F)c1. The van der Waals surface area contributed by atoms with E-state index in [1.54, 1.807) is 4.90 Å². The molecule has 2 aromatic rings. The lowest BCUT2D eigenvalue weighted by molar-refractivity contribution is -0.146. The van der Waals surface area contributed by atoms with Crippen LogP contribution in [0.2, 0.25) is 0 Å². The predicted octanol–water partition coefficient (Wildman–Crippen LogP) is 6.24. The Bertz CT molecular complexity index is 1070. The van der Waals surface area contributed by atoms with E-state index in [2.05, 4.69) is 0 Å². The molecule has 37 heavy (non-hydrogen) atoms. The van der Waals surface area contributed by atoms with E-state index in [1.165, 1.54) is 6.92 Å². The number of carbonyl (C=O) groups is 1. The molecule has 4 nitrogen and oxygen atoms in total. The van der Waals surface area contributed by atoms with Crippen LogP contribution in [0.3, 0.4) is 0 Å². The van der Waals surface area contributed by atoms with E-state index in [0.29, 0.717) is 25.2 Å². The number of hydrogen-bond donors (Lipinski definition) is 1. The Morgan fingerprint density at radius 1 is 0.946 bits per heavy atom. The van der Waals surface area contributed by atoms with Crippen LogP contribution in [0.4, 0.5) is 26.3 Å². The third kappa shape index (κ3) is 5.80. The van der Waals surface area contributed by atoms with Crippen molar-refractivity contribution in [3.63, 3.8) is 0 Å². The molecule has 0 radical (unpaired) electrons. The molecule has 1 saturated carbocycles. The summed E-state index contributed by atoms with van der Waals surface area (Å²) in [6, 6.07) is 10.7. The lowest BCUT2D eigenvalue weighted by Crippen LogP contribution is -2.69. The molecule has 1 heterocycles. The molecule has 0 unspecified atom stereocenters. The minimum Gasteiger partial charge on any atom is -0.373 e. The number of hydrogen-bond acceptors (Lipinski definition) is 3. The van der Waals surface area contributed by atoms with Crippen molar-refractivity contribution in [2.45, 2.75) is 68.4 Å². The topological polar surface area (TPSA) is 55.6 Å². The van der Waals surface area contributed by atoms with E-state index in [-0.39, 0.29) is 37.0 Å². The highest BCUT2D eigenvalue weighted by Crippen LogP contribution is 2.51. The van der Waals surface area contributed by atoms with Crippen LogP contribution < -0.4 is 5.73 Å². The summed E-state index contributed by atoms with van der Waals surface area (Å²) in [6.45, 7) is 2.71. The number of piperidine rings is 1. The molecule has 2 N–H and O–H groups in total. The monoisotopic (exact) mass is 528 g/mol. The van der Waals surface area contributed by atoms with Crippen LogP contribution in [0.25, 0.3) is 0 Å². The van der Waals surface area contributed by atoms with Crippen LogP contribution in [0, 0.1) is 0 Å². The minimum atomic E-state index is -4.94. The van der Waals surface area contributed by atoms with Crippen LogP contribution in [0.15, 0.2) is 48.5 Å². The van der Waals surface area contributed by atoms with Gasteiger partial charge in [0, 0.05) is 18.5 Å². The fraction of sp³-hybridized carbons (Fsp3) is 0.519. The van der Waals surface area contributed by atoms with Gasteiger partial charge < -0.3 is 15.4 Å². The molecule has 2 aliphatic rings. The summed E-state index contributed by atoms with van der Waals surface area (Å²) >= 11 is 0. The van der Waals surface area contributed by atoms with E-state index < -0.39 is 40.5 Å². The van der Waals surface area contributed by atoms with Crippen molar-refractivity contribution in [1.82, 2.24) is 4.90 Å². The summed E-state index contributed by atoms with van der Waals surface area (Å²) in [4.78, 5) is 15.0. The molecule has 0 bridgehead atoms. The Morgan fingerprint density at radius 3 is 2.00 bits per heavy atom. The molecule has 0 spiro atoms. The minimum absolute atomic E-state index is 0.0119. The number of carbonyl (C=O) groups excluding carboxylic acids is 1. The fourth-order valence-corrected chi connectivity index (χ4v) is 5.49. The van der Waals surface area contributed by atoms with Gasteiger partial charge in [-0.1, -0.05) is 30.3 Å². The molecule has 0 aromatic heterocycles. The number of ether oxygens (including phenoxy) is 1. The fourth-order valence-electron chi connectivity index (χ4n) is 5.49. The zero-order chi connectivity index (χ0) is 27.1. The van der Waals surface area contributed by atoms with Gasteiger partial charge in [0.2, 0.25) is 5.91 Å². The number of amides is 1. The van der Waals surface area contributed by atoms with E-state index in [4.69, 9.17) is 10.5 Å². The van der Waals surface area contributed by atoms with E-state index >= 15 is 0 Å². The second-order valence-corrected chi connectivity index (χ2v) is 10.3. The molecular formula is C27H30F6N2O2. The predicted molar refractivity (Wildman–Crippen MR) is 126 cm³/mol. The van der Waals surface area contributed by atoms with Gasteiger partial charge >= 0.3 is 12.4 Å². The molecule has 1 amide bonds. The molecule has 10 heteroatoms. The molecule has 1 saturated heterocycles. The van der Waals surface area contributed by atoms with Crippen LogP contribution in [-0.4, -0.2) is 36.0 Å². The quantitative estimate of drug-likeness (QED) is 0.452. The number of nitrogens with zero attached hydrogens (tertiary/aromatic N) is 1. The molecule has 1 aliphatic carbocycles. The summed E-state index contributed by atoms with van der Waals surface area (Å²) in [5.41, 5.74) is 2.61. The maximum Gasteiger partial charge on any atom is 0.416 e. The smallest absolute Gasteiger partial charge is 0.373 e. The summed E-state index contributed by atoms with van der Waals surface area (Å²) in [5, 5.41) is 0. The third-order valence-electron chi connectivity index (χ3n) is 7.45. The van der Waals surface area contributed by atoms with Crippen molar-refractivity contribution in [3.05, 3.63) is 70.8 Å². The Hall–Kier alpha value is -2.59. The number of likely N-dealkylation sites (tertiary alicyclic amines) is 1. The highest BCUT2D eigenvalue weighted by Gasteiger charge is 2.58. The Balaban J connectivity index is 1.56. The van der Waals surface area contributed by atoms with Gasteiger partial charge in [0.25, 0.3) is 0 Å². The summed E-state index contributed by atoms with van der Waals surface area (Å²) in [6.07, 6.45) is -7.51. The second-order valence-electron chi connectivity index (χ2n) is 10.3. The average molecular weight is 529 g/mol. The molecule has 2 fully saturated rings. The van der Waals surface area contributed by atoms with Crippen molar-refractivity contribution in [2.24, 2.45) is 5.73 Å². The lowest BCUT2D eigenvalue weighted by Gasteiger charge is -2.55. The standard InChI is InChI=1S/C27H30F6N2O2/c1-18(19-12-21(26(28,29)30)14-22(13-19)27(31,32)33)37-17-24(20-8-4-2-5-9-20)15-25(34,16-24)23(36)35-10-6-3-7-11-35/h2,4-5,8-9,12-14,18H,3,6-7,10-11,15-17,34H2,1H3/t18-,24?,25?/m1/s1. The van der Waals surface area contributed by atoms with Crippen LogP contribution in [0.1, 0.15) is 67.4 Å². The first kappa shape index (κ1) is 27.4. The zero-order valence-electron chi connectivity index (χ0n) is 20.5. The Morgan fingerprint density at radius 2 is 1.49 bits per heavy atom. The van der Waals surface area contributed by atoms with Crippen molar-refractivity contribution in [1.29, 1.82) is 0 Å². The summed E-state index contributed by atoms with van der Waals surface area (Å²) < 4.78 is 85.8. The number of alkyl halides is 6. The molecule has 202 valence electrons. The van der Waals surface area contributed by atoms with Gasteiger partial charge in [-0.15, -0.1) is 0 Å². The lowest BCUT2D eigenvalue weighted by atomic mass is 9.54. The molecule has 1 atom stereocenters. The van der Waals surface area contributed by atoms with Crippen molar-refractivity contribution in [3.8, 4) is 0 Å². The van der Waals surface area contributed by atoms with Gasteiger partial charge in [-0.05, 0) is 68.4 Å². The molecule has 1 aliphatic heterocycles. The molecule has 4 rings (SSSR count). The first-order valence-electron chi connectivity index (χ1n) is 12.3. The van der Waals surface area contributed by atoms with E-state index in [9.17, 15) is 31.1 Å². The molecular weight excluding hydrogens is 498 g/mol. The first-order chi connectivity index (χ1) is 17.2. The first-order valence-corrected chi connectivity index (χ1v) is 12.3. The van der Waals surface area contributed by atoms with Crippen LogP contribution >= 0.6 is 0 Å². The van der Waals surface area contributed by atoms with Gasteiger partial charge in [-0.25, -0.2) is 0 Å². The van der Waals surface area contributed by atoms with Gasteiger partial charge in [0.1, 0.15) is 0 Å². The van der Waals surface area contributed by atoms with Gasteiger partial charge in [-0.3, -0.25) is 4.79 Å². The normalized spacial score (nSPS) is 25.5. The third-order valence-corrected chi connectivity index (χ3v) is 7.45. The van der Waals surface area contributed by atoms with Crippen molar-refractivity contribution >= 4 is 5.91 Å². The van der Waals surface area contributed by atoms with E-state index in [1.807, 2.05) is 30.3 Å². The largest absolute Gasteiger partial charge is 0.416 e. The number of halogens is 6. The van der Waals surface area contributed by atoms with Crippen molar-refractivity contribution in [2.75, 3.05) is 19.7 Å². The summed E-state index contributed by atoms with van der Waals surface area (Å²) in [5.74, 6) is -0.125. The number of nitrogens with two attached hydrogens (primary N) is 1. The second kappa shape index (κ2) is 9.94. The Labute approximate surface area is 211 Å². The maximum atomic E-state index is 13.3. The van der Waals surface area contributed by atoms with Crippen LogP contribution in [-0.2, 0) is 27.3 Å². The van der Waals surface area contributed by atoms with Crippen LogP contribution in [0.5, 0.6) is 0 Å². The Kier molecular flexibility index (Phi) is 7.38. The highest BCUT2D eigenvalue weighted by molar-refractivity contribution is 5.88. The average Bonchev–Trinajstić information content (AvgIpc) is 2.85. The zero-order valence-corrected chi connectivity index (χ0v) is 20.5. The van der Waals surface area contributed by atoms with Gasteiger partial charge in [0.05, 0.1) is 29.4 Å². The number of rotatable bonds is 6. The van der Waals surface area contributed by atoms with Crippen molar-refractivity contribution < 1.29 is 35.9 Å². The summed E-state index contributed by atoms with van der Waals surface area (Å²) in [7, 11) is 0. The maximum absolute atomic E-state index is 13.3. The number of benzene rings is 2. The highest BCUT2D eigenvalue weighted by atomic mass is 19.4. The van der Waals surface area contributed by atoms with Gasteiger partial charge in [-0.2, -0.15) is 26.3 Å².